The summed E-state index contributed by atoms with van der Waals surface area (Å²) in [5, 5.41) is 0. The lowest BCUT2D eigenvalue weighted by Gasteiger charge is -2.22. The molecule has 0 radical (unpaired) electrons. The molecule has 1 atom stereocenters. The van der Waals surface area contributed by atoms with Crippen molar-refractivity contribution in [2.24, 2.45) is 5.92 Å². The molecule has 1 aromatic carbocycles. The van der Waals surface area contributed by atoms with E-state index in [-0.39, 0.29) is 0 Å². The summed E-state index contributed by atoms with van der Waals surface area (Å²) < 4.78 is 0. The van der Waals surface area contributed by atoms with Crippen LogP contribution in [0.25, 0.3) is 0 Å². The third kappa shape index (κ3) is 1.84. The lowest BCUT2D eigenvalue weighted by atomic mass is 9.83. The maximum atomic E-state index is 4.68. The summed E-state index contributed by atoms with van der Waals surface area (Å²) in [7, 11) is 0. The minimum absolute atomic E-state index is 0.444. The molecule has 1 aliphatic rings. The second kappa shape index (κ2) is 4.56. The zero-order valence-corrected chi connectivity index (χ0v) is 11.1. The normalized spacial score (nSPS) is 18.1. The highest BCUT2D eigenvalue weighted by molar-refractivity contribution is 5.42. The number of fused-ring (bicyclic) bond motifs is 2. The van der Waals surface area contributed by atoms with Gasteiger partial charge in [0.25, 0.3) is 0 Å². The minimum atomic E-state index is 0.444. The standard InChI is InChI=1S/C17H19N/c1-12(2)16-15-8-4-3-6-13(15)9-10-14-7-5-11-18-17(14)16/h3-8,11-12,16H,9-10H2,1-2H3/t16-/m1/s1. The summed E-state index contributed by atoms with van der Waals surface area (Å²) in [5.41, 5.74) is 5.68. The number of rotatable bonds is 1. The van der Waals surface area contributed by atoms with Gasteiger partial charge >= 0.3 is 0 Å². The molecule has 2 aromatic rings. The highest BCUT2D eigenvalue weighted by Gasteiger charge is 2.26. The van der Waals surface area contributed by atoms with Crippen LogP contribution in [0.15, 0.2) is 42.6 Å². The van der Waals surface area contributed by atoms with Crippen LogP contribution in [0.3, 0.4) is 0 Å². The van der Waals surface area contributed by atoms with E-state index in [1.54, 1.807) is 0 Å². The fourth-order valence-corrected chi connectivity index (χ4v) is 3.10. The van der Waals surface area contributed by atoms with Crippen LogP contribution < -0.4 is 0 Å². The Morgan fingerprint density at radius 3 is 2.56 bits per heavy atom. The summed E-state index contributed by atoms with van der Waals surface area (Å²) in [6, 6.07) is 13.2. The van der Waals surface area contributed by atoms with Gasteiger partial charge in [0.2, 0.25) is 0 Å². The lowest BCUT2D eigenvalue weighted by Crippen LogP contribution is -2.12. The molecule has 0 aliphatic heterocycles. The van der Waals surface area contributed by atoms with Crippen molar-refractivity contribution in [1.82, 2.24) is 4.98 Å². The second-order valence-corrected chi connectivity index (χ2v) is 5.47. The van der Waals surface area contributed by atoms with Gasteiger partial charge in [-0.3, -0.25) is 4.98 Å². The predicted octanol–water partition coefficient (Wildman–Crippen LogP) is 3.97. The van der Waals surface area contributed by atoms with Crippen LogP contribution in [0.2, 0.25) is 0 Å². The third-order valence-corrected chi connectivity index (χ3v) is 3.94. The zero-order chi connectivity index (χ0) is 12.5. The van der Waals surface area contributed by atoms with E-state index < -0.39 is 0 Å². The van der Waals surface area contributed by atoms with E-state index in [2.05, 4.69) is 55.2 Å². The predicted molar refractivity (Wildman–Crippen MR) is 74.8 cm³/mol. The number of benzene rings is 1. The van der Waals surface area contributed by atoms with E-state index in [9.17, 15) is 0 Å². The van der Waals surface area contributed by atoms with Crippen LogP contribution in [0.5, 0.6) is 0 Å². The Morgan fingerprint density at radius 1 is 1.00 bits per heavy atom. The van der Waals surface area contributed by atoms with Gasteiger partial charge in [0.05, 0.1) is 5.69 Å². The van der Waals surface area contributed by atoms with Crippen LogP contribution in [0.4, 0.5) is 0 Å². The van der Waals surface area contributed by atoms with Gasteiger partial charge in [0, 0.05) is 12.1 Å². The van der Waals surface area contributed by atoms with Crippen LogP contribution in [-0.4, -0.2) is 4.98 Å². The van der Waals surface area contributed by atoms with Crippen LogP contribution in [0.1, 0.15) is 42.1 Å². The summed E-state index contributed by atoms with van der Waals surface area (Å²) in [5.74, 6) is 1.03. The Bertz CT molecular complexity index is 510. The first-order valence-electron chi connectivity index (χ1n) is 6.79. The zero-order valence-electron chi connectivity index (χ0n) is 11.1. The number of pyridine rings is 1. The molecule has 1 nitrogen and oxygen atoms in total. The summed E-state index contributed by atoms with van der Waals surface area (Å²) in [6.07, 6.45) is 4.18. The first-order chi connectivity index (χ1) is 8.77. The fourth-order valence-electron chi connectivity index (χ4n) is 3.10. The molecule has 1 heterocycles. The fraction of sp³-hybridized carbons (Fsp3) is 0.353. The molecule has 0 bridgehead atoms. The van der Waals surface area contributed by atoms with Gasteiger partial charge in [-0.1, -0.05) is 44.2 Å². The number of hydrogen-bond donors (Lipinski definition) is 0. The smallest absolute Gasteiger partial charge is 0.0513 e. The topological polar surface area (TPSA) is 12.9 Å². The Balaban J connectivity index is 2.21. The maximum Gasteiger partial charge on any atom is 0.0513 e. The van der Waals surface area contributed by atoms with Crippen LogP contribution in [-0.2, 0) is 12.8 Å². The number of nitrogens with zero attached hydrogens (tertiary/aromatic N) is 1. The Hall–Kier alpha value is -1.63. The van der Waals surface area contributed by atoms with Gasteiger partial charge in [0.15, 0.2) is 0 Å². The van der Waals surface area contributed by atoms with E-state index in [1.165, 1.54) is 22.4 Å². The van der Waals surface area contributed by atoms with Crippen molar-refractivity contribution in [2.45, 2.75) is 32.6 Å². The average molecular weight is 237 g/mol. The molecule has 0 saturated carbocycles. The Kier molecular flexibility index (Phi) is 2.91. The SMILES string of the molecule is CC(C)[C@@H]1c2ccccc2CCc2cccnc21. The molecule has 1 aromatic heterocycles. The molecule has 0 amide bonds. The molecule has 92 valence electrons. The van der Waals surface area contributed by atoms with E-state index in [0.717, 1.165) is 12.8 Å². The van der Waals surface area contributed by atoms with Gasteiger partial charge in [-0.2, -0.15) is 0 Å². The van der Waals surface area contributed by atoms with Gasteiger partial charge in [-0.15, -0.1) is 0 Å². The van der Waals surface area contributed by atoms with Gasteiger partial charge in [0.1, 0.15) is 0 Å². The molecule has 0 spiro atoms. The number of aryl methyl sites for hydroxylation is 2. The van der Waals surface area contributed by atoms with Crippen molar-refractivity contribution < 1.29 is 0 Å². The van der Waals surface area contributed by atoms with Crippen molar-refractivity contribution in [3.05, 3.63) is 65.0 Å². The summed E-state index contributed by atoms with van der Waals surface area (Å²) >= 11 is 0. The van der Waals surface area contributed by atoms with E-state index in [1.807, 2.05) is 6.20 Å². The summed E-state index contributed by atoms with van der Waals surface area (Å²) in [4.78, 5) is 4.68. The average Bonchev–Trinajstić information content (AvgIpc) is 2.55. The largest absolute Gasteiger partial charge is 0.260 e. The van der Waals surface area contributed by atoms with Crippen molar-refractivity contribution >= 4 is 0 Å². The quantitative estimate of drug-likeness (QED) is 0.731. The molecule has 0 saturated heterocycles. The molecular formula is C17H19N. The van der Waals surface area contributed by atoms with Crippen LogP contribution >= 0.6 is 0 Å². The number of hydrogen-bond acceptors (Lipinski definition) is 1. The van der Waals surface area contributed by atoms with Crippen molar-refractivity contribution in [3.8, 4) is 0 Å². The third-order valence-electron chi connectivity index (χ3n) is 3.94. The van der Waals surface area contributed by atoms with E-state index in [0.29, 0.717) is 11.8 Å². The second-order valence-electron chi connectivity index (χ2n) is 5.47. The Labute approximate surface area is 109 Å². The van der Waals surface area contributed by atoms with E-state index >= 15 is 0 Å². The van der Waals surface area contributed by atoms with Crippen LogP contribution in [0, 0.1) is 5.92 Å². The minimum Gasteiger partial charge on any atom is -0.260 e. The molecule has 0 N–H and O–H groups in total. The lowest BCUT2D eigenvalue weighted by molar-refractivity contribution is 0.550. The van der Waals surface area contributed by atoms with E-state index in [4.69, 9.17) is 0 Å². The van der Waals surface area contributed by atoms with Gasteiger partial charge in [-0.25, -0.2) is 0 Å². The summed E-state index contributed by atoms with van der Waals surface area (Å²) in [6.45, 7) is 4.59. The highest BCUT2D eigenvalue weighted by Crippen LogP contribution is 2.37. The van der Waals surface area contributed by atoms with Gasteiger partial charge in [-0.05, 0) is 41.5 Å². The first-order valence-corrected chi connectivity index (χ1v) is 6.79. The molecule has 18 heavy (non-hydrogen) atoms. The Morgan fingerprint density at radius 2 is 1.72 bits per heavy atom. The molecular weight excluding hydrogens is 218 g/mol. The molecule has 3 rings (SSSR count). The van der Waals surface area contributed by atoms with Gasteiger partial charge < -0.3 is 0 Å². The van der Waals surface area contributed by atoms with Crippen molar-refractivity contribution in [3.63, 3.8) is 0 Å². The first kappa shape index (κ1) is 11.5. The molecule has 1 heteroatoms. The molecule has 1 aliphatic carbocycles. The molecule has 0 fully saturated rings. The maximum absolute atomic E-state index is 4.68. The number of aromatic nitrogens is 1. The monoisotopic (exact) mass is 237 g/mol. The van der Waals surface area contributed by atoms with Crippen molar-refractivity contribution in [2.75, 3.05) is 0 Å². The molecule has 0 unspecified atom stereocenters. The van der Waals surface area contributed by atoms with Crippen molar-refractivity contribution in [1.29, 1.82) is 0 Å². The highest BCUT2D eigenvalue weighted by atomic mass is 14.7.